The zero-order chi connectivity index (χ0) is 11.4. The minimum Gasteiger partial charge on any atom is -0.548 e. The summed E-state index contributed by atoms with van der Waals surface area (Å²) >= 11 is 0. The predicted molar refractivity (Wildman–Crippen MR) is 53.8 cm³/mol. The molecule has 15 heavy (non-hydrogen) atoms. The van der Waals surface area contributed by atoms with Crippen LogP contribution in [0.4, 0.5) is 0 Å². The molecule has 86 valence electrons. The molecular formula is C11H18NO3-. The SMILES string of the molecule is CCCC1CC(=O)N(C(CC)C(=O)[O-])C1. The third kappa shape index (κ3) is 2.70. The first-order chi connectivity index (χ1) is 7.10. The van der Waals surface area contributed by atoms with E-state index in [0.717, 1.165) is 12.8 Å². The van der Waals surface area contributed by atoms with Gasteiger partial charge in [-0.05, 0) is 18.8 Å². The van der Waals surface area contributed by atoms with Crippen LogP contribution in [0, 0.1) is 5.92 Å². The maximum absolute atomic E-state index is 11.6. The fraction of sp³-hybridized carbons (Fsp3) is 0.818. The number of hydrogen-bond donors (Lipinski definition) is 0. The summed E-state index contributed by atoms with van der Waals surface area (Å²) in [4.78, 5) is 23.9. The van der Waals surface area contributed by atoms with Gasteiger partial charge in [0.2, 0.25) is 5.91 Å². The molecule has 1 aliphatic heterocycles. The van der Waals surface area contributed by atoms with Gasteiger partial charge in [0.15, 0.2) is 0 Å². The summed E-state index contributed by atoms with van der Waals surface area (Å²) in [5.74, 6) is -0.844. The highest BCUT2D eigenvalue weighted by Crippen LogP contribution is 2.24. The van der Waals surface area contributed by atoms with E-state index in [1.165, 1.54) is 4.90 Å². The van der Waals surface area contributed by atoms with Crippen LogP contribution >= 0.6 is 0 Å². The summed E-state index contributed by atoms with van der Waals surface area (Å²) in [6.45, 7) is 4.42. The van der Waals surface area contributed by atoms with Gasteiger partial charge >= 0.3 is 0 Å². The topological polar surface area (TPSA) is 60.4 Å². The largest absolute Gasteiger partial charge is 0.548 e. The molecule has 0 bridgehead atoms. The second kappa shape index (κ2) is 5.14. The molecule has 1 rings (SSSR count). The van der Waals surface area contributed by atoms with Crippen LogP contribution in [0.2, 0.25) is 0 Å². The van der Waals surface area contributed by atoms with E-state index >= 15 is 0 Å². The number of carbonyl (C=O) groups excluding carboxylic acids is 2. The van der Waals surface area contributed by atoms with E-state index in [-0.39, 0.29) is 5.91 Å². The third-order valence-corrected chi connectivity index (χ3v) is 2.97. The maximum Gasteiger partial charge on any atom is 0.223 e. The number of carboxylic acid groups (broad SMARTS) is 1. The lowest BCUT2D eigenvalue weighted by Crippen LogP contribution is -2.48. The lowest BCUT2D eigenvalue weighted by atomic mass is 10.0. The molecule has 2 atom stereocenters. The van der Waals surface area contributed by atoms with Crippen LogP contribution in [0.25, 0.3) is 0 Å². The first-order valence-corrected chi connectivity index (χ1v) is 5.60. The van der Waals surface area contributed by atoms with E-state index in [9.17, 15) is 14.7 Å². The molecule has 1 saturated heterocycles. The van der Waals surface area contributed by atoms with Crippen molar-refractivity contribution in [3.05, 3.63) is 0 Å². The van der Waals surface area contributed by atoms with Crippen molar-refractivity contribution in [1.82, 2.24) is 4.90 Å². The molecule has 1 heterocycles. The average Bonchev–Trinajstić information content (AvgIpc) is 2.49. The Kier molecular flexibility index (Phi) is 4.12. The molecule has 1 fully saturated rings. The number of amides is 1. The van der Waals surface area contributed by atoms with Crippen LogP contribution < -0.4 is 5.11 Å². The van der Waals surface area contributed by atoms with E-state index < -0.39 is 12.0 Å². The first-order valence-electron chi connectivity index (χ1n) is 5.60. The Hall–Kier alpha value is -1.06. The molecule has 2 unspecified atom stereocenters. The summed E-state index contributed by atoms with van der Waals surface area (Å²) in [5.41, 5.74) is 0. The third-order valence-electron chi connectivity index (χ3n) is 2.97. The molecule has 0 aromatic heterocycles. The van der Waals surface area contributed by atoms with Gasteiger partial charge in [-0.1, -0.05) is 20.3 Å². The molecular weight excluding hydrogens is 194 g/mol. The van der Waals surface area contributed by atoms with Gasteiger partial charge < -0.3 is 14.8 Å². The lowest BCUT2D eigenvalue weighted by Gasteiger charge is -2.27. The molecule has 0 aromatic carbocycles. The van der Waals surface area contributed by atoms with Gasteiger partial charge in [0, 0.05) is 13.0 Å². The van der Waals surface area contributed by atoms with Gasteiger partial charge in [-0.3, -0.25) is 4.79 Å². The average molecular weight is 212 g/mol. The number of likely N-dealkylation sites (tertiary alicyclic amines) is 1. The summed E-state index contributed by atoms with van der Waals surface area (Å²) in [5, 5.41) is 10.8. The second-order valence-corrected chi connectivity index (χ2v) is 4.15. The standard InChI is InChI=1S/C11H19NO3/c1-3-5-8-6-10(13)12(7-8)9(4-2)11(14)15/h8-9H,3-7H2,1-2H3,(H,14,15)/p-1. The summed E-state index contributed by atoms with van der Waals surface area (Å²) < 4.78 is 0. The van der Waals surface area contributed by atoms with Gasteiger partial charge in [0.1, 0.15) is 0 Å². The number of rotatable bonds is 5. The van der Waals surface area contributed by atoms with Gasteiger partial charge in [0.25, 0.3) is 0 Å². The maximum atomic E-state index is 11.6. The number of carboxylic acids is 1. The van der Waals surface area contributed by atoms with Crippen LogP contribution in [0.15, 0.2) is 0 Å². The minimum atomic E-state index is -1.14. The van der Waals surface area contributed by atoms with Gasteiger partial charge in [-0.2, -0.15) is 0 Å². The Morgan fingerprint density at radius 2 is 2.27 bits per heavy atom. The van der Waals surface area contributed by atoms with Crippen LogP contribution in [0.1, 0.15) is 39.5 Å². The van der Waals surface area contributed by atoms with Crippen molar-refractivity contribution in [2.24, 2.45) is 5.92 Å². The summed E-state index contributed by atoms with van der Waals surface area (Å²) in [6.07, 6.45) is 2.95. The molecule has 0 N–H and O–H groups in total. The zero-order valence-corrected chi connectivity index (χ0v) is 9.36. The normalized spacial score (nSPS) is 23.2. The highest BCUT2D eigenvalue weighted by molar-refractivity contribution is 5.84. The highest BCUT2D eigenvalue weighted by Gasteiger charge is 2.33. The Labute approximate surface area is 90.3 Å². The minimum absolute atomic E-state index is 0.0375. The monoisotopic (exact) mass is 212 g/mol. The smallest absolute Gasteiger partial charge is 0.223 e. The van der Waals surface area contributed by atoms with E-state index in [2.05, 4.69) is 6.92 Å². The van der Waals surface area contributed by atoms with E-state index in [0.29, 0.717) is 25.3 Å². The van der Waals surface area contributed by atoms with Crippen LogP contribution in [-0.2, 0) is 9.59 Å². The van der Waals surface area contributed by atoms with Gasteiger partial charge in [0.05, 0.1) is 12.0 Å². The van der Waals surface area contributed by atoms with E-state index in [1.807, 2.05) is 0 Å². The number of carbonyl (C=O) groups is 2. The number of aliphatic carboxylic acids is 1. The lowest BCUT2D eigenvalue weighted by molar-refractivity contribution is -0.311. The Morgan fingerprint density at radius 3 is 2.73 bits per heavy atom. The quantitative estimate of drug-likeness (QED) is 0.652. The first kappa shape index (κ1) is 12.0. The summed E-state index contributed by atoms with van der Waals surface area (Å²) in [6, 6.07) is -0.737. The van der Waals surface area contributed by atoms with Crippen molar-refractivity contribution >= 4 is 11.9 Å². The second-order valence-electron chi connectivity index (χ2n) is 4.15. The van der Waals surface area contributed by atoms with E-state index in [4.69, 9.17) is 0 Å². The van der Waals surface area contributed by atoms with Crippen LogP contribution in [0.5, 0.6) is 0 Å². The van der Waals surface area contributed by atoms with Crippen molar-refractivity contribution in [1.29, 1.82) is 0 Å². The Morgan fingerprint density at radius 1 is 1.60 bits per heavy atom. The fourth-order valence-corrected chi connectivity index (χ4v) is 2.23. The Balaban J connectivity index is 2.63. The van der Waals surface area contributed by atoms with Crippen molar-refractivity contribution < 1.29 is 14.7 Å². The van der Waals surface area contributed by atoms with E-state index in [1.54, 1.807) is 6.92 Å². The number of nitrogens with zero attached hydrogens (tertiary/aromatic N) is 1. The summed E-state index contributed by atoms with van der Waals surface area (Å²) in [7, 11) is 0. The van der Waals surface area contributed by atoms with Crippen molar-refractivity contribution in [3.63, 3.8) is 0 Å². The molecule has 4 heteroatoms. The molecule has 0 radical (unpaired) electrons. The van der Waals surface area contributed by atoms with Crippen molar-refractivity contribution in [3.8, 4) is 0 Å². The highest BCUT2D eigenvalue weighted by atomic mass is 16.4. The molecule has 0 aromatic rings. The van der Waals surface area contributed by atoms with Crippen molar-refractivity contribution in [2.75, 3.05) is 6.54 Å². The Bertz CT molecular complexity index is 252. The fourth-order valence-electron chi connectivity index (χ4n) is 2.23. The molecule has 1 amide bonds. The van der Waals surface area contributed by atoms with Gasteiger partial charge in [-0.25, -0.2) is 0 Å². The predicted octanol–water partition coefficient (Wildman–Crippen LogP) is 0.163. The molecule has 0 saturated carbocycles. The molecule has 0 spiro atoms. The van der Waals surface area contributed by atoms with Gasteiger partial charge in [-0.15, -0.1) is 0 Å². The zero-order valence-electron chi connectivity index (χ0n) is 9.36. The van der Waals surface area contributed by atoms with Crippen molar-refractivity contribution in [2.45, 2.75) is 45.6 Å². The van der Waals surface area contributed by atoms with Crippen LogP contribution in [0.3, 0.4) is 0 Å². The molecule has 4 nitrogen and oxygen atoms in total. The molecule has 0 aliphatic carbocycles. The molecule has 1 aliphatic rings. The van der Waals surface area contributed by atoms with Crippen LogP contribution in [-0.4, -0.2) is 29.4 Å². The number of hydrogen-bond acceptors (Lipinski definition) is 3.